The van der Waals surface area contributed by atoms with Crippen LogP contribution in [-0.2, 0) is 18.4 Å². The lowest BCUT2D eigenvalue weighted by Gasteiger charge is -2.13. The van der Waals surface area contributed by atoms with Gasteiger partial charge >= 0.3 is 0 Å². The number of hydrogen-bond acceptors (Lipinski definition) is 4. The maximum absolute atomic E-state index is 13.4. The average Bonchev–Trinajstić information content (AvgIpc) is 3.05. The molecule has 0 saturated heterocycles. The van der Waals surface area contributed by atoms with Crippen LogP contribution in [0.2, 0.25) is 0 Å². The standard InChI is InChI=1S/C18H22F2N6O/c1-9-6-13(17(19)20)16-12(4)24-26(18(16)21-9)8-15(27)22-10(2)14-7-25(5)23-11(14)3/h6-7,10,17H,8H2,1-5H3,(H,22,27). The molecular weight excluding hydrogens is 354 g/mol. The largest absolute Gasteiger partial charge is 0.348 e. The molecule has 0 radical (unpaired) electrons. The topological polar surface area (TPSA) is 77.6 Å². The molecule has 0 saturated carbocycles. The number of pyridine rings is 1. The molecule has 0 aliphatic carbocycles. The molecule has 3 rings (SSSR count). The molecule has 0 aromatic carbocycles. The molecule has 1 unspecified atom stereocenters. The Morgan fingerprint density at radius 3 is 2.48 bits per heavy atom. The monoisotopic (exact) mass is 376 g/mol. The predicted molar refractivity (Wildman–Crippen MR) is 96.5 cm³/mol. The van der Waals surface area contributed by atoms with Gasteiger partial charge in [-0.25, -0.2) is 18.4 Å². The van der Waals surface area contributed by atoms with Crippen molar-refractivity contribution in [1.29, 1.82) is 0 Å². The van der Waals surface area contributed by atoms with Crippen molar-refractivity contribution in [2.24, 2.45) is 7.05 Å². The summed E-state index contributed by atoms with van der Waals surface area (Å²) in [5.74, 6) is -0.281. The molecule has 3 aromatic heterocycles. The Hall–Kier alpha value is -2.84. The van der Waals surface area contributed by atoms with Crippen molar-refractivity contribution in [3.63, 3.8) is 0 Å². The first kappa shape index (κ1) is 18.9. The molecule has 0 bridgehead atoms. The molecule has 27 heavy (non-hydrogen) atoms. The lowest BCUT2D eigenvalue weighted by molar-refractivity contribution is -0.122. The third-order valence-electron chi connectivity index (χ3n) is 4.46. The van der Waals surface area contributed by atoms with Gasteiger partial charge in [0, 0.05) is 30.1 Å². The summed E-state index contributed by atoms with van der Waals surface area (Å²) in [6.07, 6.45) is -0.777. The number of nitrogens with zero attached hydrogens (tertiary/aromatic N) is 5. The minimum absolute atomic E-state index is 0.104. The quantitative estimate of drug-likeness (QED) is 0.743. The van der Waals surface area contributed by atoms with Gasteiger partial charge in [-0.1, -0.05) is 0 Å². The second-order valence-electron chi connectivity index (χ2n) is 6.73. The number of amides is 1. The molecule has 9 heteroatoms. The van der Waals surface area contributed by atoms with Crippen LogP contribution in [0.5, 0.6) is 0 Å². The number of aryl methyl sites for hydroxylation is 4. The van der Waals surface area contributed by atoms with Crippen molar-refractivity contribution in [3.05, 3.63) is 40.5 Å². The first-order chi connectivity index (χ1) is 12.7. The van der Waals surface area contributed by atoms with Crippen LogP contribution >= 0.6 is 0 Å². The van der Waals surface area contributed by atoms with Crippen LogP contribution in [0, 0.1) is 20.8 Å². The number of rotatable bonds is 5. The summed E-state index contributed by atoms with van der Waals surface area (Å²) in [5, 5.41) is 11.7. The summed E-state index contributed by atoms with van der Waals surface area (Å²) in [5.41, 5.74) is 2.82. The highest BCUT2D eigenvalue weighted by Crippen LogP contribution is 2.29. The molecule has 0 aliphatic heterocycles. The molecule has 3 aromatic rings. The van der Waals surface area contributed by atoms with Crippen LogP contribution in [0.4, 0.5) is 8.78 Å². The summed E-state index contributed by atoms with van der Waals surface area (Å²) < 4.78 is 29.8. The fourth-order valence-electron chi connectivity index (χ4n) is 3.34. The number of nitrogens with one attached hydrogen (secondary N) is 1. The summed E-state index contributed by atoms with van der Waals surface area (Å²) in [6, 6.07) is 1.12. The van der Waals surface area contributed by atoms with Gasteiger partial charge in [-0.05, 0) is 33.8 Å². The van der Waals surface area contributed by atoms with E-state index in [1.165, 1.54) is 10.7 Å². The van der Waals surface area contributed by atoms with Crippen molar-refractivity contribution in [2.45, 2.75) is 46.7 Å². The maximum Gasteiger partial charge on any atom is 0.264 e. The minimum Gasteiger partial charge on any atom is -0.348 e. The van der Waals surface area contributed by atoms with Gasteiger partial charge in [0.2, 0.25) is 5.91 Å². The third-order valence-corrected chi connectivity index (χ3v) is 4.46. The lowest BCUT2D eigenvalue weighted by Crippen LogP contribution is -2.30. The van der Waals surface area contributed by atoms with E-state index in [1.807, 2.05) is 27.1 Å². The maximum atomic E-state index is 13.4. The Labute approximate surface area is 155 Å². The van der Waals surface area contributed by atoms with Crippen molar-refractivity contribution < 1.29 is 13.6 Å². The first-order valence-electron chi connectivity index (χ1n) is 8.59. The van der Waals surface area contributed by atoms with Gasteiger partial charge < -0.3 is 5.32 Å². The zero-order valence-corrected chi connectivity index (χ0v) is 15.9. The molecule has 144 valence electrons. The van der Waals surface area contributed by atoms with Crippen LogP contribution in [0.25, 0.3) is 11.0 Å². The molecule has 1 atom stereocenters. The van der Waals surface area contributed by atoms with Gasteiger partial charge in [-0.3, -0.25) is 9.48 Å². The Kier molecular flexibility index (Phi) is 4.95. The van der Waals surface area contributed by atoms with Gasteiger partial charge in [-0.15, -0.1) is 0 Å². The van der Waals surface area contributed by atoms with E-state index in [4.69, 9.17) is 0 Å². The van der Waals surface area contributed by atoms with Crippen LogP contribution in [-0.4, -0.2) is 30.5 Å². The highest BCUT2D eigenvalue weighted by Gasteiger charge is 2.21. The van der Waals surface area contributed by atoms with E-state index in [2.05, 4.69) is 20.5 Å². The molecule has 3 heterocycles. The van der Waals surface area contributed by atoms with Gasteiger partial charge in [0.15, 0.2) is 5.65 Å². The van der Waals surface area contributed by atoms with Gasteiger partial charge in [0.05, 0.1) is 22.8 Å². The van der Waals surface area contributed by atoms with Crippen LogP contribution in [0.3, 0.4) is 0 Å². The molecule has 7 nitrogen and oxygen atoms in total. The Morgan fingerprint density at radius 2 is 1.89 bits per heavy atom. The third kappa shape index (κ3) is 3.67. The Balaban J connectivity index is 1.86. The fourth-order valence-corrected chi connectivity index (χ4v) is 3.34. The lowest BCUT2D eigenvalue weighted by atomic mass is 10.1. The van der Waals surface area contributed by atoms with Crippen molar-refractivity contribution >= 4 is 16.9 Å². The van der Waals surface area contributed by atoms with Crippen LogP contribution in [0.15, 0.2) is 12.3 Å². The SMILES string of the molecule is Cc1cc(C(F)F)c2c(C)nn(CC(=O)NC(C)c3cn(C)nc3C)c2n1. The Bertz CT molecular complexity index is 1010. The summed E-state index contributed by atoms with van der Waals surface area (Å²) in [4.78, 5) is 16.8. The zero-order valence-electron chi connectivity index (χ0n) is 15.9. The highest BCUT2D eigenvalue weighted by atomic mass is 19.3. The minimum atomic E-state index is -2.63. The van der Waals surface area contributed by atoms with E-state index >= 15 is 0 Å². The average molecular weight is 376 g/mol. The van der Waals surface area contributed by atoms with Crippen LogP contribution in [0.1, 0.15) is 47.6 Å². The van der Waals surface area contributed by atoms with E-state index in [-0.39, 0.29) is 24.1 Å². The molecule has 0 spiro atoms. The number of fused-ring (bicyclic) bond motifs is 1. The number of carbonyl (C=O) groups is 1. The van der Waals surface area contributed by atoms with Crippen molar-refractivity contribution in [3.8, 4) is 0 Å². The van der Waals surface area contributed by atoms with Gasteiger partial charge in [-0.2, -0.15) is 10.2 Å². The molecular formula is C18H22F2N6O. The van der Waals surface area contributed by atoms with E-state index < -0.39 is 6.43 Å². The summed E-state index contributed by atoms with van der Waals surface area (Å²) >= 11 is 0. The molecule has 0 aliphatic rings. The van der Waals surface area contributed by atoms with E-state index in [0.717, 1.165) is 11.3 Å². The number of alkyl halides is 2. The van der Waals surface area contributed by atoms with E-state index in [1.54, 1.807) is 18.5 Å². The number of carbonyl (C=O) groups excluding carboxylic acids is 1. The first-order valence-corrected chi connectivity index (χ1v) is 8.59. The van der Waals surface area contributed by atoms with E-state index in [9.17, 15) is 13.6 Å². The zero-order chi connectivity index (χ0) is 19.9. The Morgan fingerprint density at radius 1 is 1.19 bits per heavy atom. The fraction of sp³-hybridized carbons (Fsp3) is 0.444. The van der Waals surface area contributed by atoms with Crippen molar-refractivity contribution in [2.75, 3.05) is 0 Å². The van der Waals surface area contributed by atoms with Crippen LogP contribution < -0.4 is 5.32 Å². The normalized spacial score (nSPS) is 12.7. The highest BCUT2D eigenvalue weighted by molar-refractivity contribution is 5.84. The summed E-state index contributed by atoms with van der Waals surface area (Å²) in [6.45, 7) is 6.92. The second kappa shape index (κ2) is 7.05. The second-order valence-corrected chi connectivity index (χ2v) is 6.73. The number of hydrogen-bond donors (Lipinski definition) is 1. The number of halogens is 2. The molecule has 1 N–H and O–H groups in total. The van der Waals surface area contributed by atoms with E-state index in [0.29, 0.717) is 22.4 Å². The number of aromatic nitrogens is 5. The smallest absolute Gasteiger partial charge is 0.264 e. The summed E-state index contributed by atoms with van der Waals surface area (Å²) in [7, 11) is 1.82. The van der Waals surface area contributed by atoms with Gasteiger partial charge in [0.1, 0.15) is 6.54 Å². The molecule has 1 amide bonds. The molecule has 0 fully saturated rings. The van der Waals surface area contributed by atoms with Gasteiger partial charge in [0.25, 0.3) is 6.43 Å². The predicted octanol–water partition coefficient (Wildman–Crippen LogP) is 2.91. The van der Waals surface area contributed by atoms with Crippen molar-refractivity contribution in [1.82, 2.24) is 29.9 Å².